The van der Waals surface area contributed by atoms with Crippen LogP contribution in [0.15, 0.2) is 103 Å². The van der Waals surface area contributed by atoms with E-state index in [0.717, 1.165) is 77.5 Å². The lowest BCUT2D eigenvalue weighted by molar-refractivity contribution is -0.115. The quantitative estimate of drug-likeness (QED) is 0.282. The summed E-state index contributed by atoms with van der Waals surface area (Å²) in [6.07, 6.45) is 2.20. The van der Waals surface area contributed by atoms with Crippen LogP contribution in [-0.4, -0.2) is 47.0 Å². The number of fused-ring (bicyclic) bond motifs is 1. The molecule has 1 aliphatic rings. The first-order valence-electron chi connectivity index (χ1n) is 13.5. The molecule has 2 heterocycles. The van der Waals surface area contributed by atoms with Gasteiger partial charge in [-0.05, 0) is 58.7 Å². The SMILES string of the molecule is O=C(Cc1ccccc1)Nc1ccc(-c2ccc3ncc(N4CCN(Cc5ccc(F)cc5)CC4)nc3c2)cc1. The average Bonchev–Trinajstić information content (AvgIpc) is 2.99. The van der Waals surface area contributed by atoms with Gasteiger partial charge < -0.3 is 10.2 Å². The molecule has 0 atom stereocenters. The lowest BCUT2D eigenvalue weighted by Gasteiger charge is -2.35. The van der Waals surface area contributed by atoms with Crippen LogP contribution in [0.3, 0.4) is 0 Å². The maximum absolute atomic E-state index is 13.2. The maximum atomic E-state index is 13.2. The lowest BCUT2D eigenvalue weighted by atomic mass is 10.0. The molecule has 0 radical (unpaired) electrons. The van der Waals surface area contributed by atoms with E-state index in [0.29, 0.717) is 6.42 Å². The number of hydrogen-bond donors (Lipinski definition) is 1. The number of benzene rings is 4. The third kappa shape index (κ3) is 6.16. The first-order chi connectivity index (χ1) is 19.6. The summed E-state index contributed by atoms with van der Waals surface area (Å²) >= 11 is 0. The summed E-state index contributed by atoms with van der Waals surface area (Å²) in [6, 6.07) is 30.4. The van der Waals surface area contributed by atoms with Crippen molar-refractivity contribution in [2.75, 3.05) is 36.4 Å². The monoisotopic (exact) mass is 531 g/mol. The highest BCUT2D eigenvalue weighted by Gasteiger charge is 2.19. The highest BCUT2D eigenvalue weighted by atomic mass is 19.1. The fraction of sp³-hybridized carbons (Fsp3) is 0.182. The molecule has 1 aromatic heterocycles. The van der Waals surface area contributed by atoms with Crippen LogP contribution in [-0.2, 0) is 17.8 Å². The molecular formula is C33H30FN5O. The lowest BCUT2D eigenvalue weighted by Crippen LogP contribution is -2.46. The largest absolute Gasteiger partial charge is 0.353 e. The van der Waals surface area contributed by atoms with Crippen molar-refractivity contribution < 1.29 is 9.18 Å². The molecule has 4 aromatic carbocycles. The minimum Gasteiger partial charge on any atom is -0.353 e. The Morgan fingerprint density at radius 2 is 1.50 bits per heavy atom. The van der Waals surface area contributed by atoms with E-state index in [-0.39, 0.29) is 11.7 Å². The van der Waals surface area contributed by atoms with E-state index >= 15 is 0 Å². The van der Waals surface area contributed by atoms with Gasteiger partial charge in [-0.2, -0.15) is 0 Å². The summed E-state index contributed by atoms with van der Waals surface area (Å²) in [4.78, 5) is 26.7. The van der Waals surface area contributed by atoms with E-state index in [2.05, 4.69) is 26.2 Å². The molecule has 0 saturated carbocycles. The van der Waals surface area contributed by atoms with Gasteiger partial charge in [0.05, 0.1) is 23.7 Å². The Balaban J connectivity index is 1.10. The van der Waals surface area contributed by atoms with E-state index < -0.39 is 0 Å². The van der Waals surface area contributed by atoms with Crippen molar-refractivity contribution in [2.45, 2.75) is 13.0 Å². The first-order valence-corrected chi connectivity index (χ1v) is 13.5. The second-order valence-corrected chi connectivity index (χ2v) is 10.1. The van der Waals surface area contributed by atoms with Gasteiger partial charge >= 0.3 is 0 Å². The van der Waals surface area contributed by atoms with Gasteiger partial charge in [0.15, 0.2) is 0 Å². The zero-order valence-electron chi connectivity index (χ0n) is 22.1. The number of halogens is 1. The molecule has 0 bridgehead atoms. The number of rotatable bonds is 7. The normalized spacial score (nSPS) is 13.9. The van der Waals surface area contributed by atoms with Crippen molar-refractivity contribution in [1.82, 2.24) is 14.9 Å². The summed E-state index contributed by atoms with van der Waals surface area (Å²) in [6.45, 7) is 4.35. The van der Waals surface area contributed by atoms with Crippen LogP contribution in [0.25, 0.3) is 22.2 Å². The molecule has 1 saturated heterocycles. The van der Waals surface area contributed by atoms with Crippen molar-refractivity contribution >= 4 is 28.4 Å². The van der Waals surface area contributed by atoms with Gasteiger partial charge in [-0.3, -0.25) is 14.7 Å². The van der Waals surface area contributed by atoms with Crippen LogP contribution in [0, 0.1) is 5.82 Å². The Kier molecular flexibility index (Phi) is 7.46. The van der Waals surface area contributed by atoms with E-state index in [4.69, 9.17) is 4.98 Å². The average molecular weight is 532 g/mol. The molecule has 0 spiro atoms. The molecule has 0 unspecified atom stereocenters. The fourth-order valence-corrected chi connectivity index (χ4v) is 5.05. The molecule has 6 nitrogen and oxygen atoms in total. The fourth-order valence-electron chi connectivity index (χ4n) is 5.05. The molecule has 7 heteroatoms. The molecule has 5 aromatic rings. The number of piperazine rings is 1. The summed E-state index contributed by atoms with van der Waals surface area (Å²) in [7, 11) is 0. The number of carbonyl (C=O) groups excluding carboxylic acids is 1. The molecule has 6 rings (SSSR count). The van der Waals surface area contributed by atoms with Crippen LogP contribution in [0.2, 0.25) is 0 Å². The number of aromatic nitrogens is 2. The molecule has 1 N–H and O–H groups in total. The van der Waals surface area contributed by atoms with Crippen molar-refractivity contribution in [2.24, 2.45) is 0 Å². The molecule has 200 valence electrons. The van der Waals surface area contributed by atoms with Crippen molar-refractivity contribution in [3.8, 4) is 11.1 Å². The second-order valence-electron chi connectivity index (χ2n) is 10.1. The highest BCUT2D eigenvalue weighted by Crippen LogP contribution is 2.26. The number of amides is 1. The summed E-state index contributed by atoms with van der Waals surface area (Å²) < 4.78 is 13.2. The van der Waals surface area contributed by atoms with Gasteiger partial charge in [0.1, 0.15) is 11.6 Å². The predicted molar refractivity (Wildman–Crippen MR) is 158 cm³/mol. The Labute approximate surface area is 233 Å². The van der Waals surface area contributed by atoms with E-state index in [1.807, 2.05) is 85.1 Å². The van der Waals surface area contributed by atoms with Crippen LogP contribution in [0.4, 0.5) is 15.9 Å². The molecule has 1 aliphatic heterocycles. The molecule has 0 aliphatic carbocycles. The summed E-state index contributed by atoms with van der Waals surface area (Å²) in [5.41, 5.74) is 6.67. The van der Waals surface area contributed by atoms with Gasteiger partial charge in [0.2, 0.25) is 5.91 Å². The van der Waals surface area contributed by atoms with E-state index in [9.17, 15) is 9.18 Å². The Morgan fingerprint density at radius 3 is 2.25 bits per heavy atom. The number of anilines is 2. The van der Waals surface area contributed by atoms with Crippen LogP contribution >= 0.6 is 0 Å². The van der Waals surface area contributed by atoms with Gasteiger partial charge in [-0.1, -0.05) is 60.7 Å². The van der Waals surface area contributed by atoms with Crippen LogP contribution in [0.5, 0.6) is 0 Å². The van der Waals surface area contributed by atoms with E-state index in [1.54, 1.807) is 0 Å². The molecule has 1 amide bonds. The van der Waals surface area contributed by atoms with Gasteiger partial charge in [-0.25, -0.2) is 9.37 Å². The third-order valence-electron chi connectivity index (χ3n) is 7.25. The van der Waals surface area contributed by atoms with Crippen molar-refractivity contribution in [1.29, 1.82) is 0 Å². The highest BCUT2D eigenvalue weighted by molar-refractivity contribution is 5.92. The predicted octanol–water partition coefficient (Wildman–Crippen LogP) is 5.94. The number of nitrogens with one attached hydrogen (secondary N) is 1. The van der Waals surface area contributed by atoms with E-state index in [1.165, 1.54) is 12.1 Å². The van der Waals surface area contributed by atoms with Crippen molar-refractivity contribution in [3.63, 3.8) is 0 Å². The molecular weight excluding hydrogens is 501 g/mol. The topological polar surface area (TPSA) is 61.4 Å². The Morgan fingerprint density at radius 1 is 0.775 bits per heavy atom. The summed E-state index contributed by atoms with van der Waals surface area (Å²) in [5.74, 6) is 0.637. The maximum Gasteiger partial charge on any atom is 0.228 e. The summed E-state index contributed by atoms with van der Waals surface area (Å²) in [5, 5.41) is 2.98. The number of hydrogen-bond acceptors (Lipinski definition) is 5. The number of nitrogens with zero attached hydrogens (tertiary/aromatic N) is 4. The van der Waals surface area contributed by atoms with Crippen LogP contribution < -0.4 is 10.2 Å². The molecule has 1 fully saturated rings. The second kappa shape index (κ2) is 11.6. The Bertz CT molecular complexity index is 1600. The van der Waals surface area contributed by atoms with Gasteiger partial charge in [0.25, 0.3) is 0 Å². The van der Waals surface area contributed by atoms with Gasteiger partial charge in [0, 0.05) is 38.4 Å². The molecule has 40 heavy (non-hydrogen) atoms. The number of carbonyl (C=O) groups is 1. The smallest absolute Gasteiger partial charge is 0.228 e. The standard InChI is InChI=1S/C33H30FN5O/c34-28-11-6-25(7-12-28)23-38-16-18-39(19-17-38)32-22-35-30-15-10-27(21-31(30)37-32)26-8-13-29(14-9-26)36-33(40)20-24-4-2-1-3-5-24/h1-15,21-22H,16-20,23H2,(H,36,40). The zero-order chi connectivity index (χ0) is 27.3. The Hall–Kier alpha value is -4.62. The zero-order valence-corrected chi connectivity index (χ0v) is 22.1. The minimum absolute atomic E-state index is 0.0382. The minimum atomic E-state index is -0.202. The van der Waals surface area contributed by atoms with Gasteiger partial charge in [-0.15, -0.1) is 0 Å². The van der Waals surface area contributed by atoms with Crippen LogP contribution in [0.1, 0.15) is 11.1 Å². The van der Waals surface area contributed by atoms with Crippen molar-refractivity contribution in [3.05, 3.63) is 120 Å². The first kappa shape index (κ1) is 25.6. The third-order valence-corrected chi connectivity index (χ3v) is 7.25.